The Morgan fingerprint density at radius 1 is 1.07 bits per heavy atom. The van der Waals surface area contributed by atoms with E-state index in [-0.39, 0.29) is 11.9 Å². The molecule has 1 amide bonds. The zero-order valence-corrected chi connectivity index (χ0v) is 16.5. The number of hydrogen-bond donors (Lipinski definition) is 1. The molecule has 4 aromatic rings. The molecule has 2 heterocycles. The van der Waals surface area contributed by atoms with Gasteiger partial charge in [-0.25, -0.2) is 0 Å². The molecule has 2 aromatic carbocycles. The summed E-state index contributed by atoms with van der Waals surface area (Å²) in [5.41, 5.74) is 1.82. The van der Waals surface area contributed by atoms with E-state index in [1.54, 1.807) is 11.8 Å². The summed E-state index contributed by atoms with van der Waals surface area (Å²) in [5, 5.41) is 14.0. The van der Waals surface area contributed by atoms with Crippen LogP contribution >= 0.6 is 11.8 Å². The Labute approximate surface area is 168 Å². The molecule has 5 nitrogen and oxygen atoms in total. The maximum absolute atomic E-state index is 12.9. The van der Waals surface area contributed by atoms with Gasteiger partial charge < -0.3 is 5.32 Å². The minimum Gasteiger partial charge on any atom is -0.346 e. The average molecular weight is 391 g/mol. The minimum absolute atomic E-state index is 0.00450. The zero-order chi connectivity index (χ0) is 19.3. The van der Waals surface area contributed by atoms with Crippen molar-refractivity contribution in [2.45, 2.75) is 18.9 Å². The summed E-state index contributed by atoms with van der Waals surface area (Å²) in [4.78, 5) is 12.9. The van der Waals surface area contributed by atoms with Gasteiger partial charge in [-0.15, -0.1) is 10.2 Å². The number of benzene rings is 2. The monoisotopic (exact) mass is 390 g/mol. The lowest BCUT2D eigenvalue weighted by atomic mass is 10.0. The summed E-state index contributed by atoms with van der Waals surface area (Å²) in [6, 6.07) is 19.9. The second-order valence-corrected chi connectivity index (χ2v) is 7.69. The van der Waals surface area contributed by atoms with Crippen molar-refractivity contribution < 1.29 is 4.79 Å². The maximum Gasteiger partial charge on any atom is 0.225 e. The number of fused-ring (bicyclic) bond motifs is 2. The Morgan fingerprint density at radius 2 is 1.89 bits per heavy atom. The summed E-state index contributed by atoms with van der Waals surface area (Å²) in [7, 11) is 0. The third-order valence-electron chi connectivity index (χ3n) is 4.83. The number of amides is 1. The first-order valence-electron chi connectivity index (χ1n) is 9.31. The van der Waals surface area contributed by atoms with E-state index in [0.717, 1.165) is 40.0 Å². The molecule has 0 aliphatic rings. The lowest BCUT2D eigenvalue weighted by molar-refractivity contribution is -0.121. The SMILES string of the molecule is CSCC[C@H](NC(=O)Cc1cccc2ccccc12)c1nnc2ccccn12. The van der Waals surface area contributed by atoms with E-state index in [1.807, 2.05) is 53.1 Å². The summed E-state index contributed by atoms with van der Waals surface area (Å²) in [6.45, 7) is 0. The van der Waals surface area contributed by atoms with Crippen molar-refractivity contribution in [3.63, 3.8) is 0 Å². The van der Waals surface area contributed by atoms with Crippen LogP contribution in [0.1, 0.15) is 23.9 Å². The Bertz CT molecular complexity index is 1100. The average Bonchev–Trinajstić information content (AvgIpc) is 3.15. The van der Waals surface area contributed by atoms with Crippen molar-refractivity contribution >= 4 is 34.1 Å². The molecule has 2 aromatic heterocycles. The second kappa shape index (κ2) is 8.44. The zero-order valence-electron chi connectivity index (χ0n) is 15.7. The van der Waals surface area contributed by atoms with Gasteiger partial charge >= 0.3 is 0 Å². The highest BCUT2D eigenvalue weighted by molar-refractivity contribution is 7.98. The van der Waals surface area contributed by atoms with E-state index >= 15 is 0 Å². The fourth-order valence-electron chi connectivity index (χ4n) is 3.46. The van der Waals surface area contributed by atoms with Crippen molar-refractivity contribution in [1.82, 2.24) is 19.9 Å². The number of thioether (sulfide) groups is 1. The molecule has 0 aliphatic heterocycles. The van der Waals surface area contributed by atoms with Crippen LogP contribution in [0.4, 0.5) is 0 Å². The fraction of sp³-hybridized carbons (Fsp3) is 0.227. The Balaban J connectivity index is 1.57. The van der Waals surface area contributed by atoms with Crippen LogP contribution in [0.15, 0.2) is 66.9 Å². The number of aromatic nitrogens is 3. The van der Waals surface area contributed by atoms with Gasteiger partial charge in [-0.3, -0.25) is 9.20 Å². The minimum atomic E-state index is -0.174. The standard InChI is InChI=1S/C22H22N4OS/c1-28-14-12-19(22-25-24-20-11-4-5-13-26(20)22)23-21(27)15-17-9-6-8-16-7-2-3-10-18(16)17/h2-11,13,19H,12,14-15H2,1H3,(H,23,27)/t19-/m0/s1. The molecule has 28 heavy (non-hydrogen) atoms. The molecule has 6 heteroatoms. The van der Waals surface area contributed by atoms with Crippen LogP contribution in [-0.4, -0.2) is 32.5 Å². The topological polar surface area (TPSA) is 59.3 Å². The third kappa shape index (κ3) is 3.87. The predicted octanol–water partition coefficient (Wildman–Crippen LogP) is 4.04. The van der Waals surface area contributed by atoms with Gasteiger partial charge in [0, 0.05) is 6.20 Å². The molecule has 0 radical (unpaired) electrons. The van der Waals surface area contributed by atoms with Crippen molar-refractivity contribution in [2.75, 3.05) is 12.0 Å². The van der Waals surface area contributed by atoms with Crippen LogP contribution in [-0.2, 0) is 11.2 Å². The highest BCUT2D eigenvalue weighted by Crippen LogP contribution is 2.21. The first-order chi connectivity index (χ1) is 13.8. The van der Waals surface area contributed by atoms with Crippen molar-refractivity contribution in [3.05, 3.63) is 78.2 Å². The van der Waals surface area contributed by atoms with Crippen molar-refractivity contribution in [1.29, 1.82) is 0 Å². The van der Waals surface area contributed by atoms with Crippen LogP contribution in [0.3, 0.4) is 0 Å². The van der Waals surface area contributed by atoms with Gasteiger partial charge in [0.15, 0.2) is 11.5 Å². The number of carbonyl (C=O) groups excluding carboxylic acids is 1. The van der Waals surface area contributed by atoms with E-state index in [0.29, 0.717) is 6.42 Å². The highest BCUT2D eigenvalue weighted by Gasteiger charge is 2.20. The number of carbonyl (C=O) groups is 1. The molecule has 1 atom stereocenters. The molecule has 0 saturated heterocycles. The molecule has 142 valence electrons. The molecule has 0 aliphatic carbocycles. The van der Waals surface area contributed by atoms with Gasteiger partial charge in [0.1, 0.15) is 0 Å². The van der Waals surface area contributed by atoms with E-state index in [1.165, 1.54) is 0 Å². The number of nitrogens with zero attached hydrogens (tertiary/aromatic N) is 3. The fourth-order valence-corrected chi connectivity index (χ4v) is 3.94. The predicted molar refractivity (Wildman–Crippen MR) is 115 cm³/mol. The highest BCUT2D eigenvalue weighted by atomic mass is 32.2. The lowest BCUT2D eigenvalue weighted by Gasteiger charge is -2.17. The van der Waals surface area contributed by atoms with Crippen molar-refractivity contribution in [3.8, 4) is 0 Å². The first kappa shape index (κ1) is 18.5. The lowest BCUT2D eigenvalue weighted by Crippen LogP contribution is -2.31. The second-order valence-electron chi connectivity index (χ2n) is 6.70. The molecular formula is C22H22N4OS. The van der Waals surface area contributed by atoms with E-state index in [4.69, 9.17) is 0 Å². The first-order valence-corrected chi connectivity index (χ1v) is 10.7. The number of rotatable bonds is 7. The van der Waals surface area contributed by atoms with E-state index in [2.05, 4.69) is 40.0 Å². The summed E-state index contributed by atoms with van der Waals surface area (Å²) >= 11 is 1.76. The third-order valence-corrected chi connectivity index (χ3v) is 5.47. The van der Waals surface area contributed by atoms with E-state index in [9.17, 15) is 4.79 Å². The van der Waals surface area contributed by atoms with Crippen LogP contribution in [0, 0.1) is 0 Å². The molecule has 0 fully saturated rings. The molecule has 0 saturated carbocycles. The summed E-state index contributed by atoms with van der Waals surface area (Å²) in [6.07, 6.45) is 5.15. The van der Waals surface area contributed by atoms with Gasteiger partial charge in [-0.1, -0.05) is 48.5 Å². The molecule has 0 bridgehead atoms. The largest absolute Gasteiger partial charge is 0.346 e. The number of nitrogens with one attached hydrogen (secondary N) is 1. The maximum atomic E-state index is 12.9. The Kier molecular flexibility index (Phi) is 5.58. The molecular weight excluding hydrogens is 368 g/mol. The van der Waals surface area contributed by atoms with Crippen LogP contribution in [0.25, 0.3) is 16.4 Å². The normalized spacial score (nSPS) is 12.3. The van der Waals surface area contributed by atoms with Crippen LogP contribution < -0.4 is 5.32 Å². The summed E-state index contributed by atoms with van der Waals surface area (Å²) in [5.74, 6) is 1.70. The van der Waals surface area contributed by atoms with E-state index < -0.39 is 0 Å². The summed E-state index contributed by atoms with van der Waals surface area (Å²) < 4.78 is 1.95. The quantitative estimate of drug-likeness (QED) is 0.517. The molecule has 0 spiro atoms. The molecule has 1 N–H and O–H groups in total. The van der Waals surface area contributed by atoms with Crippen LogP contribution in [0.5, 0.6) is 0 Å². The van der Waals surface area contributed by atoms with Crippen LogP contribution in [0.2, 0.25) is 0 Å². The molecule has 4 rings (SSSR count). The van der Waals surface area contributed by atoms with Gasteiger partial charge in [0.25, 0.3) is 0 Å². The van der Waals surface area contributed by atoms with Gasteiger partial charge in [0.05, 0.1) is 12.5 Å². The molecule has 0 unspecified atom stereocenters. The van der Waals surface area contributed by atoms with Gasteiger partial charge in [-0.2, -0.15) is 11.8 Å². The Morgan fingerprint density at radius 3 is 2.79 bits per heavy atom. The Hall–Kier alpha value is -2.86. The number of hydrogen-bond acceptors (Lipinski definition) is 4. The smallest absolute Gasteiger partial charge is 0.225 e. The number of pyridine rings is 1. The van der Waals surface area contributed by atoms with Gasteiger partial charge in [0.2, 0.25) is 5.91 Å². The van der Waals surface area contributed by atoms with Crippen molar-refractivity contribution in [2.24, 2.45) is 0 Å². The van der Waals surface area contributed by atoms with Gasteiger partial charge in [-0.05, 0) is 46.9 Å².